The summed E-state index contributed by atoms with van der Waals surface area (Å²) in [6, 6.07) is 7.93. The lowest BCUT2D eigenvalue weighted by molar-refractivity contribution is -0.0331. The Kier molecular flexibility index (Phi) is 10.0. The van der Waals surface area contributed by atoms with Crippen LogP contribution in [0.2, 0.25) is 5.28 Å². The molecule has 1 fully saturated rings. The van der Waals surface area contributed by atoms with Gasteiger partial charge in [0.15, 0.2) is 23.2 Å². The lowest BCUT2D eigenvalue weighted by Gasteiger charge is -2.19. The van der Waals surface area contributed by atoms with Crippen molar-refractivity contribution in [2.24, 2.45) is 0 Å². The smallest absolute Gasteiger partial charge is 0.336 e. The Labute approximate surface area is 235 Å². The number of halogens is 1. The summed E-state index contributed by atoms with van der Waals surface area (Å²) in [5, 5.41) is 26.4. The Balaban J connectivity index is 1.48. The van der Waals surface area contributed by atoms with Crippen molar-refractivity contribution in [1.29, 1.82) is 0 Å². The van der Waals surface area contributed by atoms with Crippen LogP contribution in [0.5, 0.6) is 0 Å². The molecule has 2 aromatic heterocycles. The van der Waals surface area contributed by atoms with Crippen LogP contribution >= 0.6 is 26.7 Å². The first-order valence-electron chi connectivity index (χ1n) is 12.8. The average molecular weight is 619 g/mol. The molecule has 220 valence electrons. The maximum atomic E-state index is 12.1. The zero-order chi connectivity index (χ0) is 29.1. The van der Waals surface area contributed by atoms with Crippen LogP contribution < -0.4 is 10.4 Å². The fraction of sp³-hybridized carbons (Fsp3) is 0.522. The van der Waals surface area contributed by atoms with Crippen LogP contribution in [0.4, 0.5) is 11.5 Å². The summed E-state index contributed by atoms with van der Waals surface area (Å²) in [6.07, 6.45) is 1.70. The van der Waals surface area contributed by atoms with E-state index in [1.807, 2.05) is 24.3 Å². The van der Waals surface area contributed by atoms with E-state index in [0.717, 1.165) is 18.5 Å². The topological polar surface area (TPSA) is 212 Å². The van der Waals surface area contributed by atoms with Crippen molar-refractivity contribution in [3.05, 3.63) is 41.4 Å². The summed E-state index contributed by atoms with van der Waals surface area (Å²) in [7, 11) is -9.21. The lowest BCUT2D eigenvalue weighted by Crippen LogP contribution is -2.37. The molecule has 1 aliphatic heterocycles. The molecule has 4 rings (SSSR count). The molecule has 0 aliphatic carbocycles. The molecule has 1 aromatic carbocycles. The van der Waals surface area contributed by atoms with Crippen LogP contribution in [-0.2, 0) is 20.3 Å². The number of aliphatic hydroxyl groups is 2. The first kappa shape index (κ1) is 31.0. The van der Waals surface area contributed by atoms with Crippen molar-refractivity contribution in [3.63, 3.8) is 0 Å². The molecule has 5 atom stereocenters. The maximum absolute atomic E-state index is 12.1. The van der Waals surface area contributed by atoms with Gasteiger partial charge in [-0.2, -0.15) is 9.97 Å². The monoisotopic (exact) mass is 618 g/mol. The van der Waals surface area contributed by atoms with E-state index < -0.39 is 52.1 Å². The van der Waals surface area contributed by atoms with Gasteiger partial charge < -0.3 is 34.9 Å². The minimum atomic E-state index is -4.77. The highest BCUT2D eigenvalue weighted by Crippen LogP contribution is 2.52. The second-order valence-corrected chi connectivity index (χ2v) is 14.2. The quantitative estimate of drug-likeness (QED) is 0.0835. The number of nitrogens with zero attached hydrogens (tertiary/aromatic N) is 4. The van der Waals surface area contributed by atoms with E-state index in [0.29, 0.717) is 11.3 Å². The minimum absolute atomic E-state index is 0.103. The van der Waals surface area contributed by atoms with Crippen molar-refractivity contribution in [1.82, 2.24) is 24.6 Å². The summed E-state index contributed by atoms with van der Waals surface area (Å²) in [5.41, 5.74) is 2.51. The highest BCUT2D eigenvalue weighted by Gasteiger charge is 2.45. The average Bonchev–Trinajstić information content (AvgIpc) is 3.41. The lowest BCUT2D eigenvalue weighted by atomic mass is 10.1. The first-order chi connectivity index (χ1) is 18.9. The van der Waals surface area contributed by atoms with Crippen molar-refractivity contribution >= 4 is 49.4 Å². The molecule has 0 spiro atoms. The van der Waals surface area contributed by atoms with E-state index in [-0.39, 0.29) is 10.9 Å². The maximum Gasteiger partial charge on any atom is 0.336 e. The van der Waals surface area contributed by atoms with Gasteiger partial charge in [-0.15, -0.1) is 0 Å². The largest absolute Gasteiger partial charge is 0.387 e. The summed E-state index contributed by atoms with van der Waals surface area (Å²) in [5.74, 6) is -0.970. The molecule has 14 nitrogen and oxygen atoms in total. The predicted octanol–water partition coefficient (Wildman–Crippen LogP) is 2.88. The Morgan fingerprint density at radius 1 is 1.05 bits per heavy atom. The Morgan fingerprint density at radius 3 is 2.45 bits per heavy atom. The van der Waals surface area contributed by atoms with Crippen molar-refractivity contribution in [2.45, 2.75) is 63.6 Å². The number of ether oxygens (including phenoxy) is 1. The van der Waals surface area contributed by atoms with Crippen LogP contribution in [-0.4, -0.2) is 75.2 Å². The molecule has 40 heavy (non-hydrogen) atoms. The Bertz CT molecular complexity index is 1400. The molecule has 0 amide bonds. The first-order valence-corrected chi connectivity index (χ1v) is 16.8. The van der Waals surface area contributed by atoms with Gasteiger partial charge in [0.2, 0.25) is 5.28 Å². The third kappa shape index (κ3) is 7.86. The standard InChI is InChI=1S/C23H33ClN6O8P2/c1-2-3-4-5-6-14-7-9-15(10-8-14)27-20-17-21(29-23(24)28-20)30(12-25-17)22-19(32)18(31)16(38-22)11-26-39(33,34)13-40(35,36)37/h7-10,12,16,18-19,22,31-32H,2-6,11,13H2,1H3,(H2,26,33,34)(H,27,28,29)(H2,35,36,37)/t16-,18?,19?,22-/m1/s1. The predicted molar refractivity (Wildman–Crippen MR) is 149 cm³/mol. The van der Waals surface area contributed by atoms with E-state index in [2.05, 4.69) is 32.3 Å². The molecule has 3 heterocycles. The third-order valence-corrected chi connectivity index (χ3v) is 10.3. The number of anilines is 2. The number of fused-ring (bicyclic) bond motifs is 1. The normalized spacial score (nSPS) is 23.0. The van der Waals surface area contributed by atoms with Gasteiger partial charge >= 0.3 is 7.60 Å². The van der Waals surface area contributed by atoms with E-state index in [1.165, 1.54) is 35.7 Å². The number of rotatable bonds is 13. The second-order valence-electron chi connectivity index (χ2n) is 9.71. The van der Waals surface area contributed by atoms with E-state index in [1.54, 1.807) is 0 Å². The molecule has 1 aliphatic rings. The highest BCUT2D eigenvalue weighted by molar-refractivity contribution is 7.71. The zero-order valence-corrected chi connectivity index (χ0v) is 24.2. The summed E-state index contributed by atoms with van der Waals surface area (Å²) in [4.78, 5) is 40.6. The third-order valence-electron chi connectivity index (χ3n) is 6.46. The molecule has 3 unspecified atom stereocenters. The Morgan fingerprint density at radius 2 is 1.77 bits per heavy atom. The number of hydrogen-bond acceptors (Lipinski definition) is 9. The van der Waals surface area contributed by atoms with Crippen LogP contribution in [0.3, 0.4) is 0 Å². The number of aryl methyl sites for hydroxylation is 1. The number of unbranched alkanes of at least 4 members (excludes halogenated alkanes) is 3. The van der Waals surface area contributed by atoms with Gasteiger partial charge in [-0.25, -0.2) is 10.1 Å². The molecule has 0 saturated carbocycles. The number of nitrogens with one attached hydrogen (secondary N) is 2. The number of aliphatic hydroxyl groups excluding tert-OH is 2. The molecule has 0 bridgehead atoms. The summed E-state index contributed by atoms with van der Waals surface area (Å²) >= 11 is 6.19. The molecule has 3 aromatic rings. The van der Waals surface area contributed by atoms with Crippen LogP contribution in [0.25, 0.3) is 11.2 Å². The number of aromatic nitrogens is 4. The van der Waals surface area contributed by atoms with Crippen molar-refractivity contribution in [2.75, 3.05) is 17.8 Å². The number of imidazole rings is 1. The molecule has 17 heteroatoms. The minimum Gasteiger partial charge on any atom is -0.387 e. The summed E-state index contributed by atoms with van der Waals surface area (Å²) < 4.78 is 30.3. The van der Waals surface area contributed by atoms with Gasteiger partial charge in [0, 0.05) is 12.2 Å². The van der Waals surface area contributed by atoms with Gasteiger partial charge in [0.05, 0.1) is 6.33 Å². The van der Waals surface area contributed by atoms with Gasteiger partial charge in [0.1, 0.15) is 24.2 Å². The fourth-order valence-corrected chi connectivity index (χ4v) is 7.50. The van der Waals surface area contributed by atoms with Gasteiger partial charge in [-0.3, -0.25) is 13.7 Å². The van der Waals surface area contributed by atoms with Gasteiger partial charge in [-0.1, -0.05) is 38.3 Å². The molecule has 7 N–H and O–H groups in total. The van der Waals surface area contributed by atoms with E-state index >= 15 is 0 Å². The van der Waals surface area contributed by atoms with Gasteiger partial charge in [0.25, 0.3) is 7.52 Å². The van der Waals surface area contributed by atoms with E-state index in [9.17, 15) is 24.2 Å². The van der Waals surface area contributed by atoms with Crippen molar-refractivity contribution < 1.29 is 38.8 Å². The molecular formula is C23H33ClN6O8P2. The van der Waals surface area contributed by atoms with E-state index in [4.69, 9.17) is 26.1 Å². The highest BCUT2D eigenvalue weighted by atomic mass is 35.5. The second kappa shape index (κ2) is 12.9. The fourth-order valence-electron chi connectivity index (χ4n) is 4.47. The van der Waals surface area contributed by atoms with Crippen LogP contribution in [0.1, 0.15) is 44.4 Å². The zero-order valence-electron chi connectivity index (χ0n) is 21.7. The van der Waals surface area contributed by atoms with Crippen LogP contribution in [0.15, 0.2) is 30.6 Å². The summed E-state index contributed by atoms with van der Waals surface area (Å²) in [6.45, 7) is 1.71. The SMILES string of the molecule is CCCCCCc1ccc(Nc2nc(Cl)nc3c2ncn3[C@@H]2O[C@H](CNP(=O)(O)CP(=O)(O)O)C(O)C2O)cc1. The molecule has 0 radical (unpaired) electrons. The number of hydrogen-bond donors (Lipinski definition) is 7. The van der Waals surface area contributed by atoms with Gasteiger partial charge in [-0.05, 0) is 42.1 Å². The van der Waals surface area contributed by atoms with Crippen molar-refractivity contribution in [3.8, 4) is 0 Å². The molecule has 1 saturated heterocycles. The number of benzene rings is 1. The van der Waals surface area contributed by atoms with Crippen LogP contribution in [0, 0.1) is 0 Å². The molecular weight excluding hydrogens is 586 g/mol. The Hall–Kier alpha value is -1.96.